The molecule has 1 aromatic rings. The predicted octanol–water partition coefficient (Wildman–Crippen LogP) is 1.43. The third kappa shape index (κ3) is 3.25. The molecule has 0 aliphatic rings. The molecule has 0 saturated carbocycles. The summed E-state index contributed by atoms with van der Waals surface area (Å²) in [7, 11) is 1.70. The second-order valence-corrected chi connectivity index (χ2v) is 3.91. The number of carbonyl (C=O) groups is 1. The molecular formula is C12H17FN2O2. The highest BCUT2D eigenvalue weighted by molar-refractivity contribution is 5.89. The lowest BCUT2D eigenvalue weighted by atomic mass is 10.0. The van der Waals surface area contributed by atoms with Crippen molar-refractivity contribution < 1.29 is 14.3 Å². The number of hydrogen-bond donors (Lipinski definition) is 3. The number of benzene rings is 1. The normalized spacial score (nSPS) is 14.2. The maximum atomic E-state index is 13.6. The van der Waals surface area contributed by atoms with Crippen molar-refractivity contribution in [1.29, 1.82) is 0 Å². The SMILES string of the molecule is CNC(C)C(O)c1cccc(F)c1NC(C)=O. The van der Waals surface area contributed by atoms with E-state index in [4.69, 9.17) is 0 Å². The molecule has 0 radical (unpaired) electrons. The fourth-order valence-electron chi connectivity index (χ4n) is 1.52. The molecule has 2 unspecified atom stereocenters. The van der Waals surface area contributed by atoms with E-state index in [-0.39, 0.29) is 17.6 Å². The first kappa shape index (κ1) is 13.6. The minimum Gasteiger partial charge on any atom is -0.387 e. The number of aliphatic hydroxyl groups excluding tert-OH is 1. The summed E-state index contributed by atoms with van der Waals surface area (Å²) in [5, 5.41) is 15.3. The van der Waals surface area contributed by atoms with Crippen molar-refractivity contribution in [3.05, 3.63) is 29.6 Å². The van der Waals surface area contributed by atoms with E-state index in [1.54, 1.807) is 20.0 Å². The summed E-state index contributed by atoms with van der Waals surface area (Å²) < 4.78 is 13.6. The van der Waals surface area contributed by atoms with Crippen LogP contribution in [-0.2, 0) is 4.79 Å². The highest BCUT2D eigenvalue weighted by atomic mass is 19.1. The quantitative estimate of drug-likeness (QED) is 0.746. The Morgan fingerprint density at radius 1 is 1.47 bits per heavy atom. The summed E-state index contributed by atoms with van der Waals surface area (Å²) in [6, 6.07) is 4.09. The van der Waals surface area contributed by atoms with Crippen molar-refractivity contribution in [2.75, 3.05) is 12.4 Å². The van der Waals surface area contributed by atoms with Crippen molar-refractivity contribution in [2.24, 2.45) is 0 Å². The van der Waals surface area contributed by atoms with Gasteiger partial charge in [-0.05, 0) is 20.0 Å². The number of rotatable bonds is 4. The van der Waals surface area contributed by atoms with Crippen molar-refractivity contribution in [3.63, 3.8) is 0 Å². The average molecular weight is 240 g/mol. The van der Waals surface area contributed by atoms with Crippen LogP contribution in [0.1, 0.15) is 25.5 Å². The highest BCUT2D eigenvalue weighted by Gasteiger charge is 2.20. The van der Waals surface area contributed by atoms with Gasteiger partial charge in [-0.3, -0.25) is 4.79 Å². The van der Waals surface area contributed by atoms with Crippen LogP contribution in [-0.4, -0.2) is 24.1 Å². The zero-order valence-electron chi connectivity index (χ0n) is 10.1. The Morgan fingerprint density at radius 3 is 2.65 bits per heavy atom. The van der Waals surface area contributed by atoms with E-state index in [9.17, 15) is 14.3 Å². The Hall–Kier alpha value is -1.46. The van der Waals surface area contributed by atoms with E-state index in [1.165, 1.54) is 19.1 Å². The summed E-state index contributed by atoms with van der Waals surface area (Å²) in [5.41, 5.74) is 0.400. The Balaban J connectivity index is 3.13. The zero-order valence-corrected chi connectivity index (χ0v) is 10.1. The van der Waals surface area contributed by atoms with E-state index in [0.29, 0.717) is 5.56 Å². The standard InChI is InChI=1S/C12H17FN2O2/c1-7(14-3)12(17)9-5-4-6-10(13)11(9)15-8(2)16/h4-7,12,14,17H,1-3H3,(H,15,16). The first-order chi connectivity index (χ1) is 7.97. The predicted molar refractivity (Wildman–Crippen MR) is 64.2 cm³/mol. The first-order valence-corrected chi connectivity index (χ1v) is 5.38. The van der Waals surface area contributed by atoms with Crippen LogP contribution in [0.4, 0.5) is 10.1 Å². The minimum atomic E-state index is -0.891. The van der Waals surface area contributed by atoms with Crippen LogP contribution < -0.4 is 10.6 Å². The molecule has 94 valence electrons. The van der Waals surface area contributed by atoms with Crippen LogP contribution in [0, 0.1) is 5.82 Å². The van der Waals surface area contributed by atoms with Crippen LogP contribution in [0.15, 0.2) is 18.2 Å². The van der Waals surface area contributed by atoms with E-state index in [2.05, 4.69) is 10.6 Å². The summed E-state index contributed by atoms with van der Waals surface area (Å²) in [6.07, 6.45) is -0.891. The van der Waals surface area contributed by atoms with Crippen LogP contribution in [0.2, 0.25) is 0 Å². The number of para-hydroxylation sites is 1. The molecular weight excluding hydrogens is 223 g/mol. The molecule has 0 heterocycles. The van der Waals surface area contributed by atoms with Crippen LogP contribution in [0.5, 0.6) is 0 Å². The van der Waals surface area contributed by atoms with E-state index < -0.39 is 11.9 Å². The molecule has 3 N–H and O–H groups in total. The number of anilines is 1. The van der Waals surface area contributed by atoms with Gasteiger partial charge in [-0.15, -0.1) is 0 Å². The molecule has 0 aromatic heterocycles. The molecule has 1 amide bonds. The van der Waals surface area contributed by atoms with Gasteiger partial charge in [0.25, 0.3) is 0 Å². The van der Waals surface area contributed by atoms with E-state index in [0.717, 1.165) is 0 Å². The molecule has 0 aliphatic carbocycles. The molecule has 1 rings (SSSR count). The van der Waals surface area contributed by atoms with Gasteiger partial charge in [0.2, 0.25) is 5.91 Å². The van der Waals surface area contributed by atoms with Gasteiger partial charge in [0.15, 0.2) is 0 Å². The molecule has 4 nitrogen and oxygen atoms in total. The zero-order chi connectivity index (χ0) is 13.0. The van der Waals surface area contributed by atoms with Gasteiger partial charge < -0.3 is 15.7 Å². The molecule has 0 bridgehead atoms. The Bertz CT molecular complexity index is 409. The van der Waals surface area contributed by atoms with Crippen LogP contribution >= 0.6 is 0 Å². The number of halogens is 1. The number of hydrogen-bond acceptors (Lipinski definition) is 3. The lowest BCUT2D eigenvalue weighted by Gasteiger charge is -2.21. The fourth-order valence-corrected chi connectivity index (χ4v) is 1.52. The number of carbonyl (C=O) groups excluding carboxylic acids is 1. The number of likely N-dealkylation sites (N-methyl/N-ethyl adjacent to an activating group) is 1. The lowest BCUT2D eigenvalue weighted by Crippen LogP contribution is -2.29. The molecule has 5 heteroatoms. The smallest absolute Gasteiger partial charge is 0.221 e. The highest BCUT2D eigenvalue weighted by Crippen LogP contribution is 2.27. The third-order valence-corrected chi connectivity index (χ3v) is 2.59. The summed E-state index contributed by atoms with van der Waals surface area (Å²) in [6.45, 7) is 3.07. The summed E-state index contributed by atoms with van der Waals surface area (Å²) in [4.78, 5) is 11.0. The lowest BCUT2D eigenvalue weighted by molar-refractivity contribution is -0.114. The third-order valence-electron chi connectivity index (χ3n) is 2.59. The number of aliphatic hydroxyl groups is 1. The summed E-state index contributed by atoms with van der Waals surface area (Å²) in [5.74, 6) is -0.930. The molecule has 1 aromatic carbocycles. The topological polar surface area (TPSA) is 61.4 Å². The monoisotopic (exact) mass is 240 g/mol. The number of nitrogens with one attached hydrogen (secondary N) is 2. The van der Waals surface area contributed by atoms with Gasteiger partial charge >= 0.3 is 0 Å². The Morgan fingerprint density at radius 2 is 2.12 bits per heavy atom. The first-order valence-electron chi connectivity index (χ1n) is 5.38. The van der Waals surface area contributed by atoms with Crippen LogP contribution in [0.3, 0.4) is 0 Å². The second kappa shape index (κ2) is 5.75. The van der Waals surface area contributed by atoms with Gasteiger partial charge in [0, 0.05) is 18.5 Å². The largest absolute Gasteiger partial charge is 0.387 e. The van der Waals surface area contributed by atoms with Crippen molar-refractivity contribution in [1.82, 2.24) is 5.32 Å². The molecule has 0 aliphatic heterocycles. The fraction of sp³-hybridized carbons (Fsp3) is 0.417. The molecule has 0 fully saturated rings. The maximum absolute atomic E-state index is 13.6. The minimum absolute atomic E-state index is 0.0367. The maximum Gasteiger partial charge on any atom is 0.221 e. The number of amides is 1. The Kier molecular flexibility index (Phi) is 4.60. The van der Waals surface area contributed by atoms with Crippen molar-refractivity contribution in [3.8, 4) is 0 Å². The van der Waals surface area contributed by atoms with E-state index >= 15 is 0 Å². The Labute approximate surface area is 99.8 Å². The van der Waals surface area contributed by atoms with Gasteiger partial charge in [0.05, 0.1) is 11.8 Å². The van der Waals surface area contributed by atoms with Crippen molar-refractivity contribution in [2.45, 2.75) is 26.0 Å². The molecule has 0 spiro atoms. The average Bonchev–Trinajstić information content (AvgIpc) is 2.29. The van der Waals surface area contributed by atoms with Gasteiger partial charge in [-0.2, -0.15) is 0 Å². The molecule has 17 heavy (non-hydrogen) atoms. The van der Waals surface area contributed by atoms with Crippen LogP contribution in [0.25, 0.3) is 0 Å². The summed E-state index contributed by atoms with van der Waals surface area (Å²) >= 11 is 0. The van der Waals surface area contributed by atoms with Crippen molar-refractivity contribution >= 4 is 11.6 Å². The van der Waals surface area contributed by atoms with E-state index in [1.807, 2.05) is 0 Å². The van der Waals surface area contributed by atoms with Gasteiger partial charge in [0.1, 0.15) is 5.82 Å². The van der Waals surface area contributed by atoms with Gasteiger partial charge in [-0.1, -0.05) is 12.1 Å². The second-order valence-electron chi connectivity index (χ2n) is 3.91. The molecule has 0 saturated heterocycles. The molecule has 2 atom stereocenters. The van der Waals surface area contributed by atoms with Gasteiger partial charge in [-0.25, -0.2) is 4.39 Å².